The summed E-state index contributed by atoms with van der Waals surface area (Å²) in [6.07, 6.45) is 24.7. The molecule has 0 saturated carbocycles. The molecule has 8 heteroatoms. The summed E-state index contributed by atoms with van der Waals surface area (Å²) in [7, 11) is 0. The van der Waals surface area contributed by atoms with Gasteiger partial charge in [0.2, 0.25) is 17.7 Å². The van der Waals surface area contributed by atoms with Gasteiger partial charge in [-0.15, -0.1) is 0 Å². The first-order valence-corrected chi connectivity index (χ1v) is 18.2. The summed E-state index contributed by atoms with van der Waals surface area (Å²) in [5.74, 6) is -1.74. The molecule has 0 heterocycles. The minimum absolute atomic E-state index is 0.00748. The van der Waals surface area contributed by atoms with E-state index >= 15 is 0 Å². The normalized spacial score (nSPS) is 12.1. The maximum atomic E-state index is 13.0. The van der Waals surface area contributed by atoms with Crippen molar-refractivity contribution in [2.75, 3.05) is 13.1 Å². The molecule has 0 saturated heterocycles. The second kappa shape index (κ2) is 28.4. The Morgan fingerprint density at radius 3 is 1.41 bits per heavy atom. The Balaban J connectivity index is 4.47. The molecule has 44 heavy (non-hydrogen) atoms. The van der Waals surface area contributed by atoms with E-state index in [-0.39, 0.29) is 43.4 Å². The lowest BCUT2D eigenvalue weighted by atomic mass is 9.85. The van der Waals surface area contributed by atoms with Gasteiger partial charge in [0.15, 0.2) is 0 Å². The molecule has 0 aromatic rings. The van der Waals surface area contributed by atoms with Crippen LogP contribution < -0.4 is 16.0 Å². The third kappa shape index (κ3) is 27.4. The van der Waals surface area contributed by atoms with E-state index in [1.54, 1.807) is 13.8 Å². The molecule has 0 fully saturated rings. The van der Waals surface area contributed by atoms with Gasteiger partial charge in [0.05, 0.1) is 6.42 Å². The number of rotatable bonds is 31. The molecule has 258 valence electrons. The first kappa shape index (κ1) is 41.9. The number of nitrogens with one attached hydrogen (secondary N) is 3. The fourth-order valence-electron chi connectivity index (χ4n) is 5.57. The zero-order chi connectivity index (χ0) is 32.9. The third-order valence-electron chi connectivity index (χ3n) is 8.26. The second-order valence-electron chi connectivity index (χ2n) is 13.6. The van der Waals surface area contributed by atoms with Gasteiger partial charge in [0.25, 0.3) is 0 Å². The molecule has 8 nitrogen and oxygen atoms in total. The van der Waals surface area contributed by atoms with Gasteiger partial charge in [-0.05, 0) is 24.7 Å². The van der Waals surface area contributed by atoms with Crippen molar-refractivity contribution in [3.05, 3.63) is 0 Å². The van der Waals surface area contributed by atoms with Crippen LogP contribution in [0.4, 0.5) is 0 Å². The summed E-state index contributed by atoms with van der Waals surface area (Å²) in [5.41, 5.74) is -0.737. The van der Waals surface area contributed by atoms with Gasteiger partial charge >= 0.3 is 5.97 Å². The first-order valence-electron chi connectivity index (χ1n) is 18.2. The number of unbranched alkanes of at least 4 members (excludes halogenated alkanes) is 18. The quantitative estimate of drug-likeness (QED) is 0.0579. The topological polar surface area (TPSA) is 125 Å². The number of hydrogen-bond acceptors (Lipinski definition) is 4. The average molecular weight is 624 g/mol. The molecule has 4 N–H and O–H groups in total. The number of carbonyl (C=O) groups is 4. The molecular formula is C36H69N3O5. The maximum absolute atomic E-state index is 13.0. The lowest BCUT2D eigenvalue weighted by Crippen LogP contribution is -2.48. The van der Waals surface area contributed by atoms with Crippen LogP contribution in [0.2, 0.25) is 0 Å². The van der Waals surface area contributed by atoms with Gasteiger partial charge in [0.1, 0.15) is 6.04 Å². The van der Waals surface area contributed by atoms with Crippen LogP contribution >= 0.6 is 0 Å². The Morgan fingerprint density at radius 1 is 0.568 bits per heavy atom. The molecule has 0 spiro atoms. The largest absolute Gasteiger partial charge is 0.481 e. The van der Waals surface area contributed by atoms with Crippen LogP contribution in [0.5, 0.6) is 0 Å². The van der Waals surface area contributed by atoms with Gasteiger partial charge < -0.3 is 21.1 Å². The van der Waals surface area contributed by atoms with E-state index in [1.807, 2.05) is 0 Å². The molecule has 0 aliphatic heterocycles. The minimum atomic E-state index is -0.965. The molecule has 0 rings (SSSR count). The molecule has 0 aliphatic carbocycles. The average Bonchev–Trinajstić information content (AvgIpc) is 2.95. The van der Waals surface area contributed by atoms with E-state index in [4.69, 9.17) is 5.11 Å². The van der Waals surface area contributed by atoms with Gasteiger partial charge in [-0.3, -0.25) is 19.2 Å². The first-order chi connectivity index (χ1) is 21.1. The Labute approximate surface area is 270 Å². The number of carbonyl (C=O) groups excluding carboxylic acids is 3. The molecule has 0 aliphatic rings. The second-order valence-corrected chi connectivity index (χ2v) is 13.6. The van der Waals surface area contributed by atoms with Gasteiger partial charge in [0, 0.05) is 25.9 Å². The number of carboxylic acid groups (broad SMARTS) is 1. The molecule has 3 amide bonds. The molecule has 1 atom stereocenters. The van der Waals surface area contributed by atoms with Crippen LogP contribution in [0, 0.1) is 5.41 Å². The maximum Gasteiger partial charge on any atom is 0.303 e. The Bertz CT molecular complexity index is 756. The van der Waals surface area contributed by atoms with Crippen molar-refractivity contribution in [1.82, 2.24) is 16.0 Å². The Hall–Kier alpha value is -2.12. The van der Waals surface area contributed by atoms with Crippen molar-refractivity contribution in [1.29, 1.82) is 0 Å². The molecule has 0 unspecified atom stereocenters. The molecule has 0 aromatic carbocycles. The van der Waals surface area contributed by atoms with Crippen LogP contribution in [-0.4, -0.2) is 47.9 Å². The SMILES string of the molecule is CCCCCCCCCCCCNC(=O)CC[C@H](NC(=O)CC(C)(C)CC(=O)O)C(=O)NCCCCCCCCCCCC. The highest BCUT2D eigenvalue weighted by Gasteiger charge is 2.28. The summed E-state index contributed by atoms with van der Waals surface area (Å²) in [6.45, 7) is 9.08. The van der Waals surface area contributed by atoms with Gasteiger partial charge in [-0.25, -0.2) is 0 Å². The lowest BCUT2D eigenvalue weighted by molar-refractivity contribution is -0.140. The number of hydrogen-bond donors (Lipinski definition) is 4. The highest BCUT2D eigenvalue weighted by molar-refractivity contribution is 5.88. The van der Waals surface area contributed by atoms with Crippen LogP contribution in [0.1, 0.15) is 182 Å². The zero-order valence-corrected chi connectivity index (χ0v) is 29.0. The third-order valence-corrected chi connectivity index (χ3v) is 8.26. The predicted octanol–water partition coefficient (Wildman–Crippen LogP) is 8.22. The molecule has 0 radical (unpaired) electrons. The van der Waals surface area contributed by atoms with Gasteiger partial charge in [-0.1, -0.05) is 143 Å². The van der Waals surface area contributed by atoms with E-state index in [2.05, 4.69) is 29.8 Å². The number of carboxylic acids is 1. The summed E-state index contributed by atoms with van der Waals surface area (Å²) >= 11 is 0. The highest BCUT2D eigenvalue weighted by Crippen LogP contribution is 2.25. The van der Waals surface area contributed by atoms with Crippen molar-refractivity contribution in [2.24, 2.45) is 5.41 Å². The van der Waals surface area contributed by atoms with E-state index < -0.39 is 17.4 Å². The van der Waals surface area contributed by atoms with Crippen molar-refractivity contribution in [2.45, 2.75) is 188 Å². The van der Waals surface area contributed by atoms with Gasteiger partial charge in [-0.2, -0.15) is 0 Å². The van der Waals surface area contributed by atoms with Crippen LogP contribution in [0.15, 0.2) is 0 Å². The highest BCUT2D eigenvalue weighted by atomic mass is 16.4. The fraction of sp³-hybridized carbons (Fsp3) is 0.889. The van der Waals surface area contributed by atoms with Crippen molar-refractivity contribution >= 4 is 23.7 Å². The monoisotopic (exact) mass is 624 g/mol. The van der Waals surface area contributed by atoms with Crippen molar-refractivity contribution in [3.8, 4) is 0 Å². The smallest absolute Gasteiger partial charge is 0.303 e. The van der Waals surface area contributed by atoms with E-state index in [0.717, 1.165) is 32.1 Å². The fourth-order valence-corrected chi connectivity index (χ4v) is 5.57. The predicted molar refractivity (Wildman–Crippen MR) is 182 cm³/mol. The Kier molecular flexibility index (Phi) is 27.0. The van der Waals surface area contributed by atoms with Crippen LogP contribution in [0.3, 0.4) is 0 Å². The van der Waals surface area contributed by atoms with E-state index in [1.165, 1.54) is 96.3 Å². The van der Waals surface area contributed by atoms with Crippen molar-refractivity contribution in [3.63, 3.8) is 0 Å². The van der Waals surface area contributed by atoms with E-state index in [0.29, 0.717) is 13.1 Å². The van der Waals surface area contributed by atoms with E-state index in [9.17, 15) is 19.2 Å². The summed E-state index contributed by atoms with van der Waals surface area (Å²) in [5, 5.41) is 17.8. The number of aliphatic carboxylic acids is 1. The summed E-state index contributed by atoms with van der Waals surface area (Å²) in [4.78, 5) is 49.4. The molecular weight excluding hydrogens is 554 g/mol. The number of amides is 3. The molecule has 0 bridgehead atoms. The summed E-state index contributed by atoms with van der Waals surface area (Å²) in [6, 6.07) is -0.825. The Morgan fingerprint density at radius 2 is 0.977 bits per heavy atom. The lowest BCUT2D eigenvalue weighted by Gasteiger charge is -2.24. The standard InChI is InChI=1S/C36H69N3O5/c1-5-7-9-11-13-15-17-19-21-23-27-37-32(40)26-25-31(39-33(41)29-36(3,4)30-34(42)43)35(44)38-28-24-22-20-18-16-14-12-10-8-6-2/h31H,5-30H2,1-4H3,(H,37,40)(H,38,44)(H,39,41)(H,42,43)/t31-/m0/s1. The molecule has 0 aromatic heterocycles. The van der Waals surface area contributed by atoms with Crippen LogP contribution in [-0.2, 0) is 19.2 Å². The zero-order valence-electron chi connectivity index (χ0n) is 29.0. The van der Waals surface area contributed by atoms with Crippen LogP contribution in [0.25, 0.3) is 0 Å². The summed E-state index contributed by atoms with van der Waals surface area (Å²) < 4.78 is 0. The van der Waals surface area contributed by atoms with Crippen molar-refractivity contribution < 1.29 is 24.3 Å². The minimum Gasteiger partial charge on any atom is -0.481 e.